The number of fused-ring (bicyclic) bond motifs is 7. The molecule has 9 aromatic carbocycles. The summed E-state index contributed by atoms with van der Waals surface area (Å²) in [6.07, 6.45) is 0. The molecular weight excluding hydrogens is 671 g/mol. The number of anilines is 3. The Balaban J connectivity index is 1.13. The molecule has 0 aliphatic heterocycles. The Morgan fingerprint density at radius 3 is 1.75 bits per heavy atom. The minimum Gasteiger partial charge on any atom is -0.456 e. The smallest absolute Gasteiger partial charge is 0.159 e. The molecule has 0 atom stereocenters. The molecule has 0 aliphatic rings. The van der Waals surface area contributed by atoms with Crippen molar-refractivity contribution in [2.75, 3.05) is 4.90 Å². The molecule has 2 heterocycles. The molecule has 3 heteroatoms. The van der Waals surface area contributed by atoms with Gasteiger partial charge in [-0.1, -0.05) is 146 Å². The van der Waals surface area contributed by atoms with Crippen LogP contribution in [0, 0.1) is 0 Å². The van der Waals surface area contributed by atoms with E-state index in [-0.39, 0.29) is 0 Å². The first kappa shape index (κ1) is 31.2. The number of rotatable bonds is 6. The van der Waals surface area contributed by atoms with E-state index in [9.17, 15) is 0 Å². The fraction of sp³-hybridized carbons (Fsp3) is 0. The largest absolute Gasteiger partial charge is 0.456 e. The average Bonchev–Trinajstić information content (AvgIpc) is 3.83. The molecule has 0 saturated heterocycles. The third kappa shape index (κ3) is 5.28. The molecule has 0 radical (unpaired) electrons. The Bertz CT molecular complexity index is 3210. The highest BCUT2D eigenvalue weighted by atomic mass is 16.3. The van der Waals surface area contributed by atoms with Crippen molar-refractivity contribution in [1.82, 2.24) is 0 Å². The lowest BCUT2D eigenvalue weighted by atomic mass is 9.95. The number of para-hydroxylation sites is 3. The summed E-state index contributed by atoms with van der Waals surface area (Å²) in [4.78, 5) is 2.37. The summed E-state index contributed by atoms with van der Waals surface area (Å²) >= 11 is 0. The van der Waals surface area contributed by atoms with Crippen molar-refractivity contribution in [1.29, 1.82) is 0 Å². The molecule has 2 aromatic heterocycles. The van der Waals surface area contributed by atoms with Crippen molar-refractivity contribution in [3.8, 4) is 33.4 Å². The predicted octanol–water partition coefficient (Wildman–Crippen LogP) is 15.1. The molecule has 11 aromatic rings. The Morgan fingerprint density at radius 1 is 0.309 bits per heavy atom. The quantitative estimate of drug-likeness (QED) is 0.173. The van der Waals surface area contributed by atoms with Crippen LogP contribution in [0.2, 0.25) is 0 Å². The second kappa shape index (κ2) is 12.6. The maximum atomic E-state index is 6.73. The van der Waals surface area contributed by atoms with E-state index in [1.165, 1.54) is 16.3 Å². The lowest BCUT2D eigenvalue weighted by molar-refractivity contribution is 0.668. The van der Waals surface area contributed by atoms with Crippen molar-refractivity contribution < 1.29 is 8.83 Å². The van der Waals surface area contributed by atoms with Crippen molar-refractivity contribution in [3.63, 3.8) is 0 Å². The van der Waals surface area contributed by atoms with Crippen molar-refractivity contribution >= 4 is 71.7 Å². The summed E-state index contributed by atoms with van der Waals surface area (Å²) < 4.78 is 12.9. The van der Waals surface area contributed by atoms with E-state index in [4.69, 9.17) is 8.83 Å². The van der Waals surface area contributed by atoms with Gasteiger partial charge in [-0.05, 0) is 93.2 Å². The van der Waals surface area contributed by atoms with Crippen LogP contribution in [0.4, 0.5) is 17.1 Å². The molecular formula is C52H33NO2. The van der Waals surface area contributed by atoms with Crippen LogP contribution in [-0.2, 0) is 0 Å². The zero-order chi connectivity index (χ0) is 36.3. The molecule has 0 fully saturated rings. The van der Waals surface area contributed by atoms with Crippen LogP contribution in [0.3, 0.4) is 0 Å². The van der Waals surface area contributed by atoms with Gasteiger partial charge in [0, 0.05) is 32.8 Å². The zero-order valence-corrected chi connectivity index (χ0v) is 29.8. The summed E-state index contributed by atoms with van der Waals surface area (Å²) in [6, 6.07) is 71.1. The fourth-order valence-electron chi connectivity index (χ4n) is 8.15. The maximum absolute atomic E-state index is 6.73. The SMILES string of the molecule is c1ccc(-c2ccc(-c3ccc4ccccc4c3)cc2N(c2ccc(-c3ccc4oc5ccccc5c4c3)cc2)c2cccc3c2oc2ccccc23)cc1. The van der Waals surface area contributed by atoms with Crippen LogP contribution in [0.25, 0.3) is 88.0 Å². The Morgan fingerprint density at radius 2 is 0.909 bits per heavy atom. The van der Waals surface area contributed by atoms with Crippen molar-refractivity contribution in [2.45, 2.75) is 0 Å². The van der Waals surface area contributed by atoms with E-state index >= 15 is 0 Å². The van der Waals surface area contributed by atoms with E-state index in [1.54, 1.807) is 0 Å². The van der Waals surface area contributed by atoms with Crippen LogP contribution in [0.5, 0.6) is 0 Å². The number of nitrogens with zero attached hydrogens (tertiary/aromatic N) is 1. The van der Waals surface area contributed by atoms with Crippen LogP contribution >= 0.6 is 0 Å². The van der Waals surface area contributed by atoms with Gasteiger partial charge in [-0.25, -0.2) is 0 Å². The van der Waals surface area contributed by atoms with Crippen molar-refractivity contribution in [3.05, 3.63) is 200 Å². The third-order valence-corrected chi connectivity index (χ3v) is 10.9. The van der Waals surface area contributed by atoms with Crippen LogP contribution in [0.1, 0.15) is 0 Å². The highest BCUT2D eigenvalue weighted by Gasteiger charge is 2.23. The van der Waals surface area contributed by atoms with Gasteiger partial charge >= 0.3 is 0 Å². The van der Waals surface area contributed by atoms with Gasteiger partial charge in [0.1, 0.15) is 16.7 Å². The second-order valence-electron chi connectivity index (χ2n) is 14.1. The average molecular weight is 704 g/mol. The number of benzene rings is 9. The van der Waals surface area contributed by atoms with Gasteiger partial charge in [0.15, 0.2) is 5.58 Å². The summed E-state index contributed by atoms with van der Waals surface area (Å²) in [5.41, 5.74) is 13.4. The van der Waals surface area contributed by atoms with Gasteiger partial charge in [-0.15, -0.1) is 0 Å². The lowest BCUT2D eigenvalue weighted by Crippen LogP contribution is -2.12. The molecule has 3 nitrogen and oxygen atoms in total. The Labute approximate surface area is 317 Å². The Hall–Kier alpha value is -7.36. The number of furan rings is 2. The van der Waals surface area contributed by atoms with E-state index in [2.05, 4.69) is 181 Å². The van der Waals surface area contributed by atoms with E-state index in [0.29, 0.717) is 0 Å². The first-order chi connectivity index (χ1) is 27.2. The molecule has 0 unspecified atom stereocenters. The zero-order valence-electron chi connectivity index (χ0n) is 29.8. The highest BCUT2D eigenvalue weighted by Crippen LogP contribution is 2.47. The van der Waals surface area contributed by atoms with Crippen LogP contribution in [-0.4, -0.2) is 0 Å². The summed E-state index contributed by atoms with van der Waals surface area (Å²) in [5.74, 6) is 0. The van der Waals surface area contributed by atoms with Gasteiger partial charge < -0.3 is 13.7 Å². The van der Waals surface area contributed by atoms with Crippen molar-refractivity contribution in [2.24, 2.45) is 0 Å². The van der Waals surface area contributed by atoms with Gasteiger partial charge in [-0.2, -0.15) is 0 Å². The van der Waals surface area contributed by atoms with Gasteiger partial charge in [0.2, 0.25) is 0 Å². The summed E-state index contributed by atoms with van der Waals surface area (Å²) in [5, 5.41) is 6.88. The first-order valence-electron chi connectivity index (χ1n) is 18.7. The minimum atomic E-state index is 0.847. The first-order valence-corrected chi connectivity index (χ1v) is 18.7. The molecule has 55 heavy (non-hydrogen) atoms. The van der Waals surface area contributed by atoms with E-state index in [0.717, 1.165) is 88.8 Å². The van der Waals surface area contributed by atoms with E-state index < -0.39 is 0 Å². The molecule has 0 aliphatic carbocycles. The van der Waals surface area contributed by atoms with E-state index in [1.807, 2.05) is 24.3 Å². The lowest BCUT2D eigenvalue weighted by Gasteiger charge is -2.29. The fourth-order valence-corrected chi connectivity index (χ4v) is 8.15. The monoisotopic (exact) mass is 703 g/mol. The van der Waals surface area contributed by atoms with Gasteiger partial charge in [0.25, 0.3) is 0 Å². The van der Waals surface area contributed by atoms with Gasteiger partial charge in [-0.3, -0.25) is 0 Å². The molecule has 0 amide bonds. The van der Waals surface area contributed by atoms with Crippen LogP contribution < -0.4 is 4.90 Å². The maximum Gasteiger partial charge on any atom is 0.159 e. The molecule has 0 saturated carbocycles. The van der Waals surface area contributed by atoms with Gasteiger partial charge in [0.05, 0.1) is 11.4 Å². The third-order valence-electron chi connectivity index (χ3n) is 10.9. The molecule has 0 bridgehead atoms. The minimum absolute atomic E-state index is 0.847. The highest BCUT2D eigenvalue weighted by molar-refractivity contribution is 6.11. The number of hydrogen-bond acceptors (Lipinski definition) is 3. The Kier molecular flexibility index (Phi) is 7.17. The topological polar surface area (TPSA) is 29.5 Å². The summed E-state index contributed by atoms with van der Waals surface area (Å²) in [6.45, 7) is 0. The second-order valence-corrected chi connectivity index (χ2v) is 14.1. The molecule has 0 spiro atoms. The standard InChI is InChI=1S/C52H33NO2/c1-2-12-36(13-3-1)42-29-25-40(38-22-21-34-11-4-5-14-37(34)31-38)33-48(42)53(47-18-10-17-45-43-15-6-9-20-50(43)55-52(45)47)41-27-23-35(24-28-41)39-26-30-51-46(32-39)44-16-7-8-19-49(44)54-51/h1-33H. The predicted molar refractivity (Wildman–Crippen MR) is 229 cm³/mol. The molecule has 11 rings (SSSR count). The van der Waals surface area contributed by atoms with Crippen LogP contribution in [0.15, 0.2) is 209 Å². The molecule has 0 N–H and O–H groups in total. The molecule has 258 valence electrons. The number of hydrogen-bond donors (Lipinski definition) is 0. The summed E-state index contributed by atoms with van der Waals surface area (Å²) in [7, 11) is 0. The normalized spacial score (nSPS) is 11.6.